The first kappa shape index (κ1) is 28.1. The average Bonchev–Trinajstić information content (AvgIpc) is 2.80. The highest BCUT2D eigenvalue weighted by Gasteiger charge is 2.23. The van der Waals surface area contributed by atoms with Crippen molar-refractivity contribution in [3.8, 4) is 5.75 Å². The van der Waals surface area contributed by atoms with Gasteiger partial charge in [0.15, 0.2) is 0 Å². The summed E-state index contributed by atoms with van der Waals surface area (Å²) in [7, 11) is -3.40. The zero-order valence-electron chi connectivity index (χ0n) is 19.6. The molecule has 11 heteroatoms. The number of anilines is 1. The molecule has 0 aliphatic carbocycles. The summed E-state index contributed by atoms with van der Waals surface area (Å²) in [6, 6.07) is 14.5. The van der Waals surface area contributed by atoms with Gasteiger partial charge < -0.3 is 9.84 Å². The molecule has 0 spiro atoms. The predicted molar refractivity (Wildman–Crippen MR) is 138 cm³/mol. The minimum Gasteiger partial charge on any atom is -0.491 e. The number of nitrogens with one attached hydrogen (secondary N) is 1. The molecule has 2 unspecified atom stereocenters. The molecule has 0 saturated heterocycles. The van der Waals surface area contributed by atoms with Crippen LogP contribution >= 0.6 is 23.2 Å². The van der Waals surface area contributed by atoms with Gasteiger partial charge in [-0.15, -0.1) is 0 Å². The van der Waals surface area contributed by atoms with Crippen molar-refractivity contribution in [1.29, 1.82) is 0 Å². The van der Waals surface area contributed by atoms with Crippen molar-refractivity contribution in [3.63, 3.8) is 0 Å². The van der Waals surface area contributed by atoms with Crippen LogP contribution in [0.5, 0.6) is 5.75 Å². The van der Waals surface area contributed by atoms with Gasteiger partial charge in [0, 0.05) is 30.4 Å². The number of sulfonamides is 1. The number of nitrogens with zero attached hydrogens (tertiary/aromatic N) is 1. The third-order valence-corrected chi connectivity index (χ3v) is 6.79. The number of hydrogen-bond acceptors (Lipinski definition) is 5. The topological polar surface area (TPSA) is 78.9 Å². The normalized spacial score (nSPS) is 13.4. The standard InChI is InChI=1S/C25H26Cl2F2N2O4S/c1-16(17-6-11-22(26)23(27)12-17)31(14-21-24(28)4-3-5-25(21)29)13-19(32)15-35-20-9-7-18(8-10-20)30-36(2,33)34/h3-12,16,19,30,32H,13-15H2,1-2H3. The number of ether oxygens (including phenoxy) is 1. The van der Waals surface area contributed by atoms with Gasteiger partial charge in [0.25, 0.3) is 0 Å². The van der Waals surface area contributed by atoms with E-state index in [1.165, 1.54) is 30.3 Å². The number of rotatable bonds is 11. The van der Waals surface area contributed by atoms with Gasteiger partial charge in [-0.05, 0) is 61.0 Å². The second kappa shape index (κ2) is 12.2. The van der Waals surface area contributed by atoms with Crippen molar-refractivity contribution in [1.82, 2.24) is 4.90 Å². The van der Waals surface area contributed by atoms with Gasteiger partial charge in [0.2, 0.25) is 10.0 Å². The van der Waals surface area contributed by atoms with Crippen LogP contribution in [0.3, 0.4) is 0 Å². The highest BCUT2D eigenvalue weighted by molar-refractivity contribution is 7.92. The molecule has 0 aromatic heterocycles. The summed E-state index contributed by atoms with van der Waals surface area (Å²) in [6.07, 6.45) is 0.0324. The van der Waals surface area contributed by atoms with Crippen molar-refractivity contribution in [2.75, 3.05) is 24.1 Å². The van der Waals surface area contributed by atoms with Crippen molar-refractivity contribution < 1.29 is 27.0 Å². The van der Waals surface area contributed by atoms with E-state index in [1.54, 1.807) is 35.2 Å². The summed E-state index contributed by atoms with van der Waals surface area (Å²) in [4.78, 5) is 1.72. The minimum absolute atomic E-state index is 0.0307. The number of aliphatic hydroxyl groups is 1. The van der Waals surface area contributed by atoms with E-state index in [2.05, 4.69) is 4.72 Å². The van der Waals surface area contributed by atoms with Crippen LogP contribution < -0.4 is 9.46 Å². The van der Waals surface area contributed by atoms with E-state index in [1.807, 2.05) is 6.92 Å². The van der Waals surface area contributed by atoms with Crippen LogP contribution in [0, 0.1) is 11.6 Å². The summed E-state index contributed by atoms with van der Waals surface area (Å²) >= 11 is 12.2. The average molecular weight is 559 g/mol. The Morgan fingerprint density at radius 1 is 1.03 bits per heavy atom. The summed E-state index contributed by atoms with van der Waals surface area (Å²) in [5, 5.41) is 11.4. The first-order valence-electron chi connectivity index (χ1n) is 10.9. The fraction of sp³-hybridized carbons (Fsp3) is 0.280. The van der Waals surface area contributed by atoms with E-state index in [0.29, 0.717) is 21.5 Å². The molecular formula is C25H26Cl2F2N2O4S. The molecule has 0 saturated carbocycles. The molecule has 2 N–H and O–H groups in total. The molecule has 0 bridgehead atoms. The van der Waals surface area contributed by atoms with Crippen LogP contribution in [0.2, 0.25) is 10.0 Å². The Balaban J connectivity index is 1.73. The maximum atomic E-state index is 14.4. The Morgan fingerprint density at radius 3 is 2.25 bits per heavy atom. The molecular weight excluding hydrogens is 533 g/mol. The lowest BCUT2D eigenvalue weighted by Gasteiger charge is -2.31. The van der Waals surface area contributed by atoms with Gasteiger partial charge >= 0.3 is 0 Å². The zero-order valence-corrected chi connectivity index (χ0v) is 21.9. The van der Waals surface area contributed by atoms with E-state index in [0.717, 1.165) is 11.8 Å². The maximum Gasteiger partial charge on any atom is 0.229 e. The molecule has 0 heterocycles. The lowest BCUT2D eigenvalue weighted by molar-refractivity contribution is 0.0501. The summed E-state index contributed by atoms with van der Waals surface area (Å²) in [6.45, 7) is 1.65. The number of aliphatic hydroxyl groups excluding tert-OH is 1. The van der Waals surface area contributed by atoms with Crippen LogP contribution in [0.15, 0.2) is 60.7 Å². The van der Waals surface area contributed by atoms with Gasteiger partial charge in [-0.1, -0.05) is 35.3 Å². The highest BCUT2D eigenvalue weighted by atomic mass is 35.5. The van der Waals surface area contributed by atoms with E-state index in [9.17, 15) is 22.3 Å². The summed E-state index contributed by atoms with van der Waals surface area (Å²) in [5.74, 6) is -0.956. The van der Waals surface area contributed by atoms with Gasteiger partial charge in [-0.3, -0.25) is 9.62 Å². The molecule has 0 aliphatic rings. The minimum atomic E-state index is -3.40. The Labute approximate surface area is 219 Å². The second-order valence-electron chi connectivity index (χ2n) is 8.34. The van der Waals surface area contributed by atoms with Gasteiger partial charge in [0.05, 0.1) is 16.3 Å². The monoisotopic (exact) mass is 558 g/mol. The fourth-order valence-electron chi connectivity index (χ4n) is 3.58. The first-order chi connectivity index (χ1) is 16.9. The molecule has 3 rings (SSSR count). The van der Waals surface area contributed by atoms with Crippen molar-refractivity contribution in [2.45, 2.75) is 25.6 Å². The number of benzene rings is 3. The summed E-state index contributed by atoms with van der Waals surface area (Å²) in [5.41, 5.74) is 1.01. The van der Waals surface area contributed by atoms with E-state index < -0.39 is 27.8 Å². The molecule has 194 valence electrons. The van der Waals surface area contributed by atoms with E-state index in [4.69, 9.17) is 27.9 Å². The molecule has 0 aliphatic heterocycles. The van der Waals surface area contributed by atoms with Crippen LogP contribution in [0.1, 0.15) is 24.1 Å². The molecule has 0 amide bonds. The highest BCUT2D eigenvalue weighted by Crippen LogP contribution is 2.30. The van der Waals surface area contributed by atoms with E-state index >= 15 is 0 Å². The van der Waals surface area contributed by atoms with Crippen molar-refractivity contribution >= 4 is 38.9 Å². The lowest BCUT2D eigenvalue weighted by atomic mass is 10.0. The first-order valence-corrected chi connectivity index (χ1v) is 13.6. The number of hydrogen-bond donors (Lipinski definition) is 2. The smallest absolute Gasteiger partial charge is 0.229 e. The third-order valence-electron chi connectivity index (χ3n) is 5.44. The Morgan fingerprint density at radius 2 is 1.67 bits per heavy atom. The van der Waals surface area contributed by atoms with Crippen molar-refractivity contribution in [2.24, 2.45) is 0 Å². The molecule has 36 heavy (non-hydrogen) atoms. The Kier molecular flexibility index (Phi) is 9.54. The molecule has 3 aromatic rings. The van der Waals surface area contributed by atoms with Gasteiger partial charge in [0.1, 0.15) is 30.1 Å². The molecule has 3 aromatic carbocycles. The van der Waals surface area contributed by atoms with E-state index in [-0.39, 0.29) is 31.3 Å². The molecule has 6 nitrogen and oxygen atoms in total. The lowest BCUT2D eigenvalue weighted by Crippen LogP contribution is -2.37. The van der Waals surface area contributed by atoms with Gasteiger partial charge in [-0.2, -0.15) is 0 Å². The molecule has 0 fully saturated rings. The Hall–Kier alpha value is -2.43. The SMILES string of the molecule is CC(c1ccc(Cl)c(Cl)c1)N(Cc1c(F)cccc1F)CC(O)COc1ccc(NS(C)(=O)=O)cc1. The van der Waals surface area contributed by atoms with Crippen LogP contribution in [0.25, 0.3) is 0 Å². The largest absolute Gasteiger partial charge is 0.491 e. The molecule has 2 atom stereocenters. The fourth-order valence-corrected chi connectivity index (χ4v) is 4.45. The molecule has 0 radical (unpaired) electrons. The maximum absolute atomic E-state index is 14.4. The quantitative estimate of drug-likeness (QED) is 0.318. The Bertz CT molecular complexity index is 1270. The van der Waals surface area contributed by atoms with Crippen LogP contribution in [-0.4, -0.2) is 43.9 Å². The second-order valence-corrected chi connectivity index (χ2v) is 10.9. The summed E-state index contributed by atoms with van der Waals surface area (Å²) < 4.78 is 59.4. The van der Waals surface area contributed by atoms with Crippen LogP contribution in [-0.2, 0) is 16.6 Å². The number of halogens is 4. The zero-order chi connectivity index (χ0) is 26.5. The predicted octanol–water partition coefficient (Wildman–Crippen LogP) is 5.65. The third kappa shape index (κ3) is 8.04. The van der Waals surface area contributed by atoms with Crippen LogP contribution in [0.4, 0.5) is 14.5 Å². The van der Waals surface area contributed by atoms with Gasteiger partial charge in [-0.25, -0.2) is 17.2 Å². The van der Waals surface area contributed by atoms with Crippen molar-refractivity contribution in [3.05, 3.63) is 93.5 Å².